The molecule has 2 rings (SSSR count). The van der Waals surface area contributed by atoms with E-state index in [9.17, 15) is 14.9 Å². The van der Waals surface area contributed by atoms with Crippen molar-refractivity contribution in [3.8, 4) is 6.07 Å². The number of nitriles is 1. The molecule has 152 valence electrons. The van der Waals surface area contributed by atoms with Crippen LogP contribution in [0.4, 0.5) is 4.79 Å². The Hall–Kier alpha value is -1.85. The largest absolute Gasteiger partial charge is 0.377 e. The fourth-order valence-corrected chi connectivity index (χ4v) is 3.89. The fourth-order valence-electron chi connectivity index (χ4n) is 3.89. The number of piperidine rings is 1. The van der Waals surface area contributed by atoms with Gasteiger partial charge >= 0.3 is 6.03 Å². The summed E-state index contributed by atoms with van der Waals surface area (Å²) in [6.45, 7) is 8.76. The summed E-state index contributed by atoms with van der Waals surface area (Å²) in [6.07, 6.45) is 1.75. The van der Waals surface area contributed by atoms with Crippen molar-refractivity contribution >= 4 is 11.9 Å². The van der Waals surface area contributed by atoms with E-state index in [1.807, 2.05) is 7.05 Å². The first-order valence-electron chi connectivity index (χ1n) is 9.62. The van der Waals surface area contributed by atoms with E-state index >= 15 is 0 Å². The van der Waals surface area contributed by atoms with Crippen molar-refractivity contribution in [1.29, 1.82) is 5.26 Å². The van der Waals surface area contributed by atoms with Crippen LogP contribution in [0.5, 0.6) is 0 Å². The first-order chi connectivity index (χ1) is 12.6. The molecule has 0 aromatic carbocycles. The number of nitrogens with one attached hydrogen (secondary N) is 1. The molecule has 8 heteroatoms. The molecule has 2 aliphatic heterocycles. The first kappa shape index (κ1) is 21.5. The van der Waals surface area contributed by atoms with Gasteiger partial charge in [-0.1, -0.05) is 20.8 Å². The van der Waals surface area contributed by atoms with Crippen LogP contribution < -0.4 is 11.1 Å². The molecule has 0 saturated carbocycles. The molecule has 0 bridgehead atoms. The van der Waals surface area contributed by atoms with Gasteiger partial charge < -0.3 is 25.6 Å². The summed E-state index contributed by atoms with van der Waals surface area (Å²) in [5, 5.41) is 12.8. The Balaban J connectivity index is 2.23. The molecule has 3 N–H and O–H groups in total. The zero-order valence-corrected chi connectivity index (χ0v) is 17.0. The fraction of sp³-hybridized carbons (Fsp3) is 0.842. The van der Waals surface area contributed by atoms with Gasteiger partial charge in [-0.2, -0.15) is 5.26 Å². The molecule has 0 aliphatic carbocycles. The minimum Gasteiger partial charge on any atom is -0.377 e. The molecule has 0 radical (unpaired) electrons. The second-order valence-electron chi connectivity index (χ2n) is 9.03. The summed E-state index contributed by atoms with van der Waals surface area (Å²) in [6, 6.07) is 1.37. The standard InChI is InChI=1S/C19H33N5O3/c1-18(2,3)11-14(15-12-27-10-9-24(15)17(21)26)16(25)22-19(13-20)5-7-23(4)8-6-19/h14-15H,5-12H2,1-4H3,(H2,21,26)(H,22,25). The second kappa shape index (κ2) is 8.44. The van der Waals surface area contributed by atoms with Gasteiger partial charge in [-0.05, 0) is 31.7 Å². The Morgan fingerprint density at radius 1 is 1.33 bits per heavy atom. The highest BCUT2D eigenvalue weighted by molar-refractivity contribution is 5.82. The van der Waals surface area contributed by atoms with Crippen molar-refractivity contribution in [3.05, 3.63) is 0 Å². The van der Waals surface area contributed by atoms with Crippen LogP contribution >= 0.6 is 0 Å². The van der Waals surface area contributed by atoms with E-state index in [1.165, 1.54) is 4.90 Å². The highest BCUT2D eigenvalue weighted by Gasteiger charge is 2.43. The second-order valence-corrected chi connectivity index (χ2v) is 9.03. The highest BCUT2D eigenvalue weighted by Crippen LogP contribution is 2.31. The molecular formula is C19H33N5O3. The van der Waals surface area contributed by atoms with Crippen molar-refractivity contribution < 1.29 is 14.3 Å². The Kier molecular flexibility index (Phi) is 6.71. The normalized spacial score (nSPS) is 24.7. The Morgan fingerprint density at radius 3 is 2.48 bits per heavy atom. The predicted octanol–water partition coefficient (Wildman–Crippen LogP) is 0.922. The van der Waals surface area contributed by atoms with Crippen molar-refractivity contribution in [2.24, 2.45) is 17.1 Å². The number of rotatable bonds is 4. The molecule has 0 aromatic heterocycles. The number of amides is 3. The van der Waals surface area contributed by atoms with Gasteiger partial charge in [0.05, 0.1) is 31.2 Å². The van der Waals surface area contributed by atoms with Gasteiger partial charge in [-0.15, -0.1) is 0 Å². The molecule has 8 nitrogen and oxygen atoms in total. The number of morpholine rings is 1. The predicted molar refractivity (Wildman–Crippen MR) is 102 cm³/mol. The number of urea groups is 1. The molecule has 2 atom stereocenters. The third-order valence-electron chi connectivity index (χ3n) is 5.50. The highest BCUT2D eigenvalue weighted by atomic mass is 16.5. The topological polar surface area (TPSA) is 112 Å². The summed E-state index contributed by atoms with van der Waals surface area (Å²) < 4.78 is 5.56. The zero-order valence-electron chi connectivity index (χ0n) is 17.0. The van der Waals surface area contributed by atoms with Crippen molar-refractivity contribution in [1.82, 2.24) is 15.1 Å². The van der Waals surface area contributed by atoms with Crippen molar-refractivity contribution in [3.63, 3.8) is 0 Å². The van der Waals surface area contributed by atoms with Gasteiger partial charge in [0.2, 0.25) is 5.91 Å². The number of likely N-dealkylation sites (tertiary alicyclic amines) is 1. The summed E-state index contributed by atoms with van der Waals surface area (Å²) in [7, 11) is 2.01. The molecule has 2 fully saturated rings. The number of ether oxygens (including phenoxy) is 1. The van der Waals surface area contributed by atoms with E-state index in [2.05, 4.69) is 37.1 Å². The van der Waals surface area contributed by atoms with Crippen LogP contribution in [-0.4, -0.2) is 73.2 Å². The molecule has 2 aliphatic rings. The monoisotopic (exact) mass is 379 g/mol. The Morgan fingerprint density at radius 2 is 1.96 bits per heavy atom. The van der Waals surface area contributed by atoms with E-state index in [0.29, 0.717) is 32.4 Å². The van der Waals surface area contributed by atoms with E-state index in [-0.39, 0.29) is 17.9 Å². The maximum Gasteiger partial charge on any atom is 0.315 e. The van der Waals surface area contributed by atoms with Gasteiger partial charge in [0.15, 0.2) is 0 Å². The number of carbonyl (C=O) groups excluding carboxylic acids is 2. The smallest absolute Gasteiger partial charge is 0.315 e. The van der Waals surface area contributed by atoms with E-state index in [0.717, 1.165) is 13.1 Å². The lowest BCUT2D eigenvalue weighted by Crippen LogP contribution is -2.61. The van der Waals surface area contributed by atoms with Crippen LogP contribution in [0.25, 0.3) is 0 Å². The minimum absolute atomic E-state index is 0.130. The van der Waals surface area contributed by atoms with Crippen LogP contribution in [0.1, 0.15) is 40.0 Å². The third-order valence-corrected chi connectivity index (χ3v) is 5.50. The van der Waals surface area contributed by atoms with Crippen LogP contribution in [0.3, 0.4) is 0 Å². The number of hydrogen-bond acceptors (Lipinski definition) is 5. The number of carbonyl (C=O) groups is 2. The Labute approximate surface area is 162 Å². The van der Waals surface area contributed by atoms with Gasteiger partial charge in [-0.25, -0.2) is 4.79 Å². The first-order valence-corrected chi connectivity index (χ1v) is 9.62. The molecule has 2 heterocycles. The summed E-state index contributed by atoms with van der Waals surface area (Å²) in [4.78, 5) is 28.9. The van der Waals surface area contributed by atoms with Crippen molar-refractivity contribution in [2.45, 2.75) is 51.6 Å². The molecule has 0 spiro atoms. The average molecular weight is 380 g/mol. The van der Waals surface area contributed by atoms with Gasteiger partial charge in [0.1, 0.15) is 5.54 Å². The Bertz CT molecular complexity index is 587. The number of nitrogens with zero attached hydrogens (tertiary/aromatic N) is 3. The lowest BCUT2D eigenvalue weighted by molar-refractivity contribution is -0.132. The number of hydrogen-bond donors (Lipinski definition) is 2. The van der Waals surface area contributed by atoms with Crippen LogP contribution in [0.2, 0.25) is 0 Å². The molecule has 2 saturated heterocycles. The van der Waals surface area contributed by atoms with E-state index in [4.69, 9.17) is 10.5 Å². The molecule has 3 amide bonds. The number of primary amides is 1. The van der Waals surface area contributed by atoms with E-state index in [1.54, 1.807) is 0 Å². The SMILES string of the molecule is CN1CCC(C#N)(NC(=O)C(CC(C)(C)C)C2COCCN2C(N)=O)CC1. The van der Waals surface area contributed by atoms with E-state index < -0.39 is 23.5 Å². The minimum atomic E-state index is -0.854. The molecule has 0 aromatic rings. The molecular weight excluding hydrogens is 346 g/mol. The lowest BCUT2D eigenvalue weighted by atomic mass is 9.79. The molecule has 2 unspecified atom stereocenters. The maximum atomic E-state index is 13.3. The third kappa shape index (κ3) is 5.56. The van der Waals surface area contributed by atoms with Gasteiger partial charge in [0.25, 0.3) is 0 Å². The van der Waals surface area contributed by atoms with Crippen molar-refractivity contribution in [2.75, 3.05) is 39.9 Å². The molecule has 27 heavy (non-hydrogen) atoms. The van der Waals surface area contributed by atoms with Crippen LogP contribution in [0.15, 0.2) is 0 Å². The van der Waals surface area contributed by atoms with Gasteiger partial charge in [-0.3, -0.25) is 4.79 Å². The zero-order chi connectivity index (χ0) is 20.2. The quantitative estimate of drug-likeness (QED) is 0.754. The lowest BCUT2D eigenvalue weighted by Gasteiger charge is -2.42. The maximum absolute atomic E-state index is 13.3. The van der Waals surface area contributed by atoms with Crippen LogP contribution in [0, 0.1) is 22.7 Å². The van der Waals surface area contributed by atoms with Crippen LogP contribution in [-0.2, 0) is 9.53 Å². The summed E-state index contributed by atoms with van der Waals surface area (Å²) in [5.41, 5.74) is 4.57. The summed E-state index contributed by atoms with van der Waals surface area (Å²) >= 11 is 0. The summed E-state index contributed by atoms with van der Waals surface area (Å²) in [5.74, 6) is -0.680. The number of nitrogens with two attached hydrogens (primary N) is 1. The van der Waals surface area contributed by atoms with Gasteiger partial charge in [0, 0.05) is 19.6 Å². The average Bonchev–Trinajstić information content (AvgIpc) is 2.61.